The van der Waals surface area contributed by atoms with Gasteiger partial charge in [0.2, 0.25) is 0 Å². The number of nitrogens with one attached hydrogen (secondary N) is 1. The number of nitrogens with zero attached hydrogens (tertiary/aromatic N) is 2. The second kappa shape index (κ2) is 14.1. The summed E-state index contributed by atoms with van der Waals surface area (Å²) in [6, 6.07) is 8.81. The number of amides is 1. The fraction of sp³-hybridized carbons (Fsp3) is 0.417. The van der Waals surface area contributed by atoms with Crippen LogP contribution in [0.15, 0.2) is 41.5 Å². The lowest BCUT2D eigenvalue weighted by Crippen LogP contribution is -2.17. The number of nitro benzene ring substituents is 1. The summed E-state index contributed by atoms with van der Waals surface area (Å²) in [7, 11) is 0. The van der Waals surface area contributed by atoms with Crippen molar-refractivity contribution in [3.63, 3.8) is 0 Å². The monoisotopic (exact) mass is 475 g/mol. The standard InChI is InChI=1S/C24H30ClN3O5/c1-3-5-6-7-8-9-13-33-23-21(25)14-18(15-22(23)32-4-2)17-26-27-24(29)19-11-10-12-20(16-19)28(30)31/h10-12,14-17H,3-9,13H2,1-2H3,(H,27,29). The minimum Gasteiger partial charge on any atom is -0.490 e. The highest BCUT2D eigenvalue weighted by molar-refractivity contribution is 6.32. The smallest absolute Gasteiger partial charge is 0.271 e. The maximum absolute atomic E-state index is 12.2. The lowest BCUT2D eigenvalue weighted by atomic mass is 10.1. The molecule has 0 aromatic heterocycles. The molecule has 1 amide bonds. The van der Waals surface area contributed by atoms with Crippen LogP contribution >= 0.6 is 11.6 Å². The summed E-state index contributed by atoms with van der Waals surface area (Å²) in [6.07, 6.45) is 8.39. The van der Waals surface area contributed by atoms with Crippen LogP contribution in [-0.2, 0) is 0 Å². The Morgan fingerprint density at radius 2 is 1.88 bits per heavy atom. The summed E-state index contributed by atoms with van der Waals surface area (Å²) < 4.78 is 11.6. The molecule has 0 aliphatic carbocycles. The Hall–Kier alpha value is -3.13. The van der Waals surface area contributed by atoms with Gasteiger partial charge in [-0.1, -0.05) is 56.7 Å². The average Bonchev–Trinajstić information content (AvgIpc) is 2.80. The maximum atomic E-state index is 12.2. The van der Waals surface area contributed by atoms with Gasteiger partial charge in [-0.2, -0.15) is 5.10 Å². The molecule has 0 aliphatic rings. The topological polar surface area (TPSA) is 103 Å². The van der Waals surface area contributed by atoms with E-state index in [1.807, 2.05) is 6.92 Å². The van der Waals surface area contributed by atoms with E-state index < -0.39 is 10.8 Å². The van der Waals surface area contributed by atoms with Crippen LogP contribution in [0, 0.1) is 10.1 Å². The molecule has 0 bridgehead atoms. The Morgan fingerprint density at radius 3 is 2.61 bits per heavy atom. The zero-order valence-corrected chi connectivity index (χ0v) is 19.8. The first-order valence-electron chi connectivity index (χ1n) is 11.1. The molecule has 0 fully saturated rings. The van der Waals surface area contributed by atoms with Crippen molar-refractivity contribution in [2.45, 2.75) is 52.4 Å². The average molecular weight is 476 g/mol. The summed E-state index contributed by atoms with van der Waals surface area (Å²) in [6.45, 7) is 5.05. The minimum absolute atomic E-state index is 0.132. The predicted octanol–water partition coefficient (Wildman–Crippen LogP) is 6.15. The molecular formula is C24H30ClN3O5. The summed E-state index contributed by atoms with van der Waals surface area (Å²) >= 11 is 6.42. The number of unbranched alkanes of at least 4 members (excludes halogenated alkanes) is 5. The van der Waals surface area contributed by atoms with Gasteiger partial charge >= 0.3 is 0 Å². The van der Waals surface area contributed by atoms with Crippen LogP contribution in [-0.4, -0.2) is 30.3 Å². The molecular weight excluding hydrogens is 446 g/mol. The number of hydrazone groups is 1. The summed E-state index contributed by atoms with van der Waals surface area (Å²) in [5.74, 6) is 0.428. The molecule has 33 heavy (non-hydrogen) atoms. The molecule has 2 rings (SSSR count). The van der Waals surface area contributed by atoms with E-state index in [1.54, 1.807) is 12.1 Å². The molecule has 178 valence electrons. The fourth-order valence-corrected chi connectivity index (χ4v) is 3.39. The molecule has 0 unspecified atom stereocenters. The van der Waals surface area contributed by atoms with Gasteiger partial charge in [0.25, 0.3) is 11.6 Å². The number of carbonyl (C=O) groups is 1. The fourth-order valence-electron chi connectivity index (χ4n) is 3.11. The number of nitro groups is 1. The predicted molar refractivity (Wildman–Crippen MR) is 130 cm³/mol. The second-order valence-electron chi connectivity index (χ2n) is 7.39. The van der Waals surface area contributed by atoms with Crippen LogP contribution in [0.3, 0.4) is 0 Å². The number of rotatable bonds is 14. The first-order valence-corrected chi connectivity index (χ1v) is 11.5. The normalized spacial score (nSPS) is 10.9. The van der Waals surface area contributed by atoms with Crippen molar-refractivity contribution in [3.8, 4) is 11.5 Å². The van der Waals surface area contributed by atoms with Gasteiger partial charge in [-0.3, -0.25) is 14.9 Å². The summed E-state index contributed by atoms with van der Waals surface area (Å²) in [5, 5.41) is 15.2. The first-order chi connectivity index (χ1) is 16.0. The van der Waals surface area contributed by atoms with E-state index in [2.05, 4.69) is 17.5 Å². The van der Waals surface area contributed by atoms with E-state index in [4.69, 9.17) is 21.1 Å². The Kier molecular flexibility index (Phi) is 11.2. The van der Waals surface area contributed by atoms with Crippen LogP contribution in [0.1, 0.15) is 68.3 Å². The van der Waals surface area contributed by atoms with E-state index in [9.17, 15) is 14.9 Å². The van der Waals surface area contributed by atoms with Gasteiger partial charge in [0.15, 0.2) is 11.5 Å². The van der Waals surface area contributed by atoms with Crippen LogP contribution in [0.4, 0.5) is 5.69 Å². The Balaban J connectivity index is 1.99. The van der Waals surface area contributed by atoms with Crippen molar-refractivity contribution in [1.82, 2.24) is 5.43 Å². The molecule has 8 nitrogen and oxygen atoms in total. The molecule has 0 spiro atoms. The van der Waals surface area contributed by atoms with Crippen LogP contribution < -0.4 is 14.9 Å². The van der Waals surface area contributed by atoms with Crippen LogP contribution in [0.5, 0.6) is 11.5 Å². The molecule has 0 radical (unpaired) electrons. The number of benzene rings is 2. The van der Waals surface area contributed by atoms with Crippen molar-refractivity contribution in [3.05, 3.63) is 62.7 Å². The third-order valence-electron chi connectivity index (χ3n) is 4.77. The highest BCUT2D eigenvalue weighted by Crippen LogP contribution is 2.36. The van der Waals surface area contributed by atoms with Gasteiger partial charge in [-0.15, -0.1) is 0 Å². The summed E-state index contributed by atoms with van der Waals surface area (Å²) in [5.41, 5.74) is 2.92. The quantitative estimate of drug-likeness (QED) is 0.153. The molecule has 1 N–H and O–H groups in total. The SMILES string of the molecule is CCCCCCCCOc1c(Cl)cc(C=NNC(=O)c2cccc([N+](=O)[O-])c2)cc1OCC. The van der Waals surface area contributed by atoms with Gasteiger partial charge in [0.1, 0.15) is 0 Å². The van der Waals surface area contributed by atoms with Crippen LogP contribution in [0.25, 0.3) is 0 Å². The Bertz CT molecular complexity index is 965. The molecule has 0 heterocycles. The highest BCUT2D eigenvalue weighted by atomic mass is 35.5. The molecule has 0 aliphatic heterocycles. The first kappa shape index (κ1) is 26.1. The van der Waals surface area contributed by atoms with Crippen molar-refractivity contribution in [1.29, 1.82) is 0 Å². The second-order valence-corrected chi connectivity index (χ2v) is 7.79. The molecule has 0 saturated carbocycles. The third kappa shape index (κ3) is 8.73. The Labute approximate surface area is 199 Å². The van der Waals surface area contributed by atoms with Crippen molar-refractivity contribution in [2.75, 3.05) is 13.2 Å². The largest absolute Gasteiger partial charge is 0.490 e. The zero-order valence-electron chi connectivity index (χ0n) is 19.0. The maximum Gasteiger partial charge on any atom is 0.271 e. The molecule has 2 aromatic carbocycles. The number of hydrogen-bond acceptors (Lipinski definition) is 6. The number of hydrogen-bond donors (Lipinski definition) is 1. The van der Waals surface area contributed by atoms with E-state index in [-0.39, 0.29) is 11.3 Å². The van der Waals surface area contributed by atoms with Crippen molar-refractivity contribution in [2.24, 2.45) is 5.10 Å². The number of non-ortho nitro benzene ring substituents is 1. The van der Waals surface area contributed by atoms with E-state index >= 15 is 0 Å². The molecule has 9 heteroatoms. The van der Waals surface area contributed by atoms with Gasteiger partial charge in [0, 0.05) is 17.7 Å². The Morgan fingerprint density at radius 1 is 1.12 bits per heavy atom. The zero-order chi connectivity index (χ0) is 24.1. The van der Waals surface area contributed by atoms with E-state index in [0.29, 0.717) is 35.3 Å². The molecule has 2 aromatic rings. The van der Waals surface area contributed by atoms with E-state index in [0.717, 1.165) is 12.8 Å². The lowest BCUT2D eigenvalue weighted by molar-refractivity contribution is -0.384. The molecule has 0 saturated heterocycles. The minimum atomic E-state index is -0.565. The van der Waals surface area contributed by atoms with Gasteiger partial charge in [-0.05, 0) is 37.1 Å². The van der Waals surface area contributed by atoms with Gasteiger partial charge in [-0.25, -0.2) is 5.43 Å². The number of ether oxygens (including phenoxy) is 2. The van der Waals surface area contributed by atoms with Gasteiger partial charge in [0.05, 0.1) is 29.4 Å². The summed E-state index contributed by atoms with van der Waals surface area (Å²) in [4.78, 5) is 22.5. The van der Waals surface area contributed by atoms with Gasteiger partial charge < -0.3 is 9.47 Å². The molecule has 0 atom stereocenters. The van der Waals surface area contributed by atoms with Crippen molar-refractivity contribution >= 4 is 29.4 Å². The lowest BCUT2D eigenvalue weighted by Gasteiger charge is -2.14. The van der Waals surface area contributed by atoms with Crippen LogP contribution in [0.2, 0.25) is 5.02 Å². The van der Waals surface area contributed by atoms with Crippen molar-refractivity contribution < 1.29 is 19.2 Å². The van der Waals surface area contributed by atoms with E-state index in [1.165, 1.54) is 56.2 Å². The number of carbonyl (C=O) groups excluding carboxylic acids is 1. The number of halogens is 1. The third-order valence-corrected chi connectivity index (χ3v) is 5.06. The highest BCUT2D eigenvalue weighted by Gasteiger charge is 2.13.